The SMILES string of the molecule is COC(=O)/C=C(C)\C=C\C1C(C)=CC(=O)CC1(C)C. The van der Waals surface area contributed by atoms with E-state index in [1.165, 1.54) is 13.2 Å². The summed E-state index contributed by atoms with van der Waals surface area (Å²) in [6.45, 7) is 8.02. The van der Waals surface area contributed by atoms with Crippen LogP contribution in [0.2, 0.25) is 0 Å². The van der Waals surface area contributed by atoms with Crippen molar-refractivity contribution >= 4 is 11.8 Å². The maximum Gasteiger partial charge on any atom is 0.330 e. The molecule has 1 aliphatic carbocycles. The third-order valence-electron chi connectivity index (χ3n) is 3.45. The Kier molecular flexibility index (Phi) is 4.87. The molecule has 0 aromatic heterocycles. The van der Waals surface area contributed by atoms with E-state index < -0.39 is 0 Å². The Hall–Kier alpha value is -1.64. The van der Waals surface area contributed by atoms with Gasteiger partial charge in [-0.25, -0.2) is 4.79 Å². The fourth-order valence-electron chi connectivity index (χ4n) is 2.52. The molecular weight excluding hydrogens is 240 g/mol. The van der Waals surface area contributed by atoms with Crippen molar-refractivity contribution < 1.29 is 14.3 Å². The second-order valence-corrected chi connectivity index (χ2v) is 5.77. The first-order chi connectivity index (χ1) is 8.76. The fourth-order valence-corrected chi connectivity index (χ4v) is 2.52. The smallest absolute Gasteiger partial charge is 0.330 e. The molecular formula is C16H22O3. The van der Waals surface area contributed by atoms with E-state index in [1.54, 1.807) is 6.08 Å². The van der Waals surface area contributed by atoms with Gasteiger partial charge in [-0.15, -0.1) is 0 Å². The van der Waals surface area contributed by atoms with Crippen LogP contribution in [0.3, 0.4) is 0 Å². The van der Waals surface area contributed by atoms with E-state index in [4.69, 9.17) is 0 Å². The van der Waals surface area contributed by atoms with Crippen LogP contribution < -0.4 is 0 Å². The number of esters is 1. The zero-order valence-electron chi connectivity index (χ0n) is 12.3. The highest BCUT2D eigenvalue weighted by Crippen LogP contribution is 2.40. The second kappa shape index (κ2) is 6.00. The monoisotopic (exact) mass is 262 g/mol. The first kappa shape index (κ1) is 15.4. The maximum atomic E-state index is 11.6. The van der Waals surface area contributed by atoms with Crippen molar-refractivity contribution in [2.45, 2.75) is 34.1 Å². The number of carbonyl (C=O) groups is 2. The van der Waals surface area contributed by atoms with Crippen LogP contribution in [0, 0.1) is 11.3 Å². The summed E-state index contributed by atoms with van der Waals surface area (Å²) in [6.07, 6.45) is 7.71. The first-order valence-electron chi connectivity index (χ1n) is 6.42. The fraction of sp³-hybridized carbons (Fsp3) is 0.500. The Morgan fingerprint density at radius 3 is 2.63 bits per heavy atom. The predicted molar refractivity (Wildman–Crippen MR) is 75.6 cm³/mol. The number of hydrogen-bond acceptors (Lipinski definition) is 3. The second-order valence-electron chi connectivity index (χ2n) is 5.77. The first-order valence-corrected chi connectivity index (χ1v) is 6.42. The minimum absolute atomic E-state index is 0.0854. The molecule has 0 saturated carbocycles. The molecule has 3 nitrogen and oxygen atoms in total. The van der Waals surface area contributed by atoms with Gasteiger partial charge in [0.1, 0.15) is 0 Å². The van der Waals surface area contributed by atoms with Crippen LogP contribution in [0.5, 0.6) is 0 Å². The number of carbonyl (C=O) groups excluding carboxylic acids is 2. The van der Waals surface area contributed by atoms with Crippen molar-refractivity contribution in [1.29, 1.82) is 0 Å². The van der Waals surface area contributed by atoms with Gasteiger partial charge in [-0.3, -0.25) is 4.79 Å². The van der Waals surface area contributed by atoms with Crippen molar-refractivity contribution in [2.75, 3.05) is 7.11 Å². The largest absolute Gasteiger partial charge is 0.466 e. The molecule has 0 heterocycles. The standard InChI is InChI=1S/C16H22O3/c1-11(8-15(18)19-5)6-7-14-12(2)9-13(17)10-16(14,3)4/h6-9,14H,10H2,1-5H3/b7-6+,11-8-. The Morgan fingerprint density at radius 1 is 1.47 bits per heavy atom. The molecule has 1 unspecified atom stereocenters. The summed E-state index contributed by atoms with van der Waals surface area (Å²) >= 11 is 0. The van der Waals surface area contributed by atoms with E-state index in [1.807, 2.05) is 19.9 Å². The molecule has 0 fully saturated rings. The van der Waals surface area contributed by atoms with Crippen molar-refractivity contribution in [1.82, 2.24) is 0 Å². The Morgan fingerprint density at radius 2 is 2.11 bits per heavy atom. The maximum absolute atomic E-state index is 11.6. The number of ether oxygens (including phenoxy) is 1. The number of ketones is 1. The highest BCUT2D eigenvalue weighted by Gasteiger charge is 2.34. The minimum atomic E-state index is -0.354. The molecule has 0 radical (unpaired) electrons. The van der Waals surface area contributed by atoms with Gasteiger partial charge >= 0.3 is 5.97 Å². The molecule has 0 aromatic carbocycles. The summed E-state index contributed by atoms with van der Waals surface area (Å²) in [4.78, 5) is 22.7. The van der Waals surface area contributed by atoms with Gasteiger partial charge in [-0.1, -0.05) is 31.6 Å². The third-order valence-corrected chi connectivity index (χ3v) is 3.45. The molecule has 1 atom stereocenters. The number of hydrogen-bond donors (Lipinski definition) is 0. The molecule has 19 heavy (non-hydrogen) atoms. The lowest BCUT2D eigenvalue weighted by atomic mass is 9.68. The summed E-state index contributed by atoms with van der Waals surface area (Å²) in [5.41, 5.74) is 1.83. The molecule has 1 rings (SSSR count). The molecule has 0 aliphatic heterocycles. The molecule has 3 heteroatoms. The summed E-state index contributed by atoms with van der Waals surface area (Å²) < 4.78 is 4.58. The van der Waals surface area contributed by atoms with Gasteiger partial charge in [0.05, 0.1) is 7.11 Å². The van der Waals surface area contributed by atoms with Gasteiger partial charge in [0, 0.05) is 18.4 Å². The molecule has 104 valence electrons. The summed E-state index contributed by atoms with van der Waals surface area (Å²) in [5.74, 6) is 0.0488. The number of rotatable bonds is 3. The highest BCUT2D eigenvalue weighted by atomic mass is 16.5. The van der Waals surface area contributed by atoms with Crippen LogP contribution in [-0.2, 0) is 14.3 Å². The highest BCUT2D eigenvalue weighted by molar-refractivity contribution is 5.92. The average molecular weight is 262 g/mol. The zero-order chi connectivity index (χ0) is 14.6. The number of methoxy groups -OCH3 is 1. The minimum Gasteiger partial charge on any atom is -0.466 e. The molecule has 1 aliphatic rings. The van der Waals surface area contributed by atoms with E-state index in [2.05, 4.69) is 24.7 Å². The Labute approximate surface area is 115 Å². The van der Waals surface area contributed by atoms with E-state index >= 15 is 0 Å². The molecule has 0 bridgehead atoms. The lowest BCUT2D eigenvalue weighted by molar-refractivity contribution is -0.134. The van der Waals surface area contributed by atoms with Gasteiger partial charge in [0.15, 0.2) is 5.78 Å². The summed E-state index contributed by atoms with van der Waals surface area (Å²) in [6, 6.07) is 0. The van der Waals surface area contributed by atoms with Crippen LogP contribution >= 0.6 is 0 Å². The van der Waals surface area contributed by atoms with Crippen LogP contribution in [0.4, 0.5) is 0 Å². The summed E-state index contributed by atoms with van der Waals surface area (Å²) in [7, 11) is 1.36. The lowest BCUT2D eigenvalue weighted by Crippen LogP contribution is -2.30. The van der Waals surface area contributed by atoms with Crippen LogP contribution in [-0.4, -0.2) is 18.9 Å². The van der Waals surface area contributed by atoms with Crippen molar-refractivity contribution in [3.8, 4) is 0 Å². The van der Waals surface area contributed by atoms with Gasteiger partial charge in [0.25, 0.3) is 0 Å². The van der Waals surface area contributed by atoms with Crippen molar-refractivity contribution in [3.63, 3.8) is 0 Å². The van der Waals surface area contributed by atoms with Gasteiger partial charge in [-0.2, -0.15) is 0 Å². The van der Waals surface area contributed by atoms with E-state index in [0.717, 1.165) is 11.1 Å². The van der Waals surface area contributed by atoms with Gasteiger partial charge in [0.2, 0.25) is 0 Å². The van der Waals surface area contributed by atoms with Crippen LogP contribution in [0.1, 0.15) is 34.1 Å². The van der Waals surface area contributed by atoms with E-state index in [9.17, 15) is 9.59 Å². The van der Waals surface area contributed by atoms with Gasteiger partial charge in [-0.05, 0) is 30.9 Å². The predicted octanol–water partition coefficient (Wildman–Crippen LogP) is 3.22. The quantitative estimate of drug-likeness (QED) is 0.445. The number of allylic oxidation sites excluding steroid dienone is 5. The van der Waals surface area contributed by atoms with E-state index in [0.29, 0.717) is 6.42 Å². The molecule has 0 spiro atoms. The molecule has 0 aromatic rings. The molecule has 0 saturated heterocycles. The summed E-state index contributed by atoms with van der Waals surface area (Å²) in [5, 5.41) is 0. The Bertz CT molecular complexity index is 464. The third kappa shape index (κ3) is 4.19. The van der Waals surface area contributed by atoms with Crippen molar-refractivity contribution in [2.24, 2.45) is 11.3 Å². The zero-order valence-corrected chi connectivity index (χ0v) is 12.3. The van der Waals surface area contributed by atoms with E-state index in [-0.39, 0.29) is 23.1 Å². The van der Waals surface area contributed by atoms with Crippen LogP contribution in [0.15, 0.2) is 35.5 Å². The molecule has 0 N–H and O–H groups in total. The topological polar surface area (TPSA) is 43.4 Å². The lowest BCUT2D eigenvalue weighted by Gasteiger charge is -2.35. The van der Waals surface area contributed by atoms with Gasteiger partial charge < -0.3 is 4.74 Å². The molecule has 0 amide bonds. The average Bonchev–Trinajstić information content (AvgIpc) is 2.25. The Balaban J connectivity index is 2.91. The normalized spacial score (nSPS) is 23.4. The van der Waals surface area contributed by atoms with Crippen LogP contribution in [0.25, 0.3) is 0 Å². The van der Waals surface area contributed by atoms with Crippen molar-refractivity contribution in [3.05, 3.63) is 35.5 Å².